The molecule has 2 heteroatoms. The van der Waals surface area contributed by atoms with Crippen LogP contribution >= 0.6 is 15.9 Å². The van der Waals surface area contributed by atoms with Crippen molar-refractivity contribution in [2.45, 2.75) is 6.42 Å². The van der Waals surface area contributed by atoms with Gasteiger partial charge in [-0.3, -0.25) is 0 Å². The molecule has 18 heavy (non-hydrogen) atoms. The number of halogens is 1. The van der Waals surface area contributed by atoms with Crippen molar-refractivity contribution in [1.82, 2.24) is 4.98 Å². The van der Waals surface area contributed by atoms with Crippen LogP contribution in [0.1, 0.15) is 17.7 Å². The fraction of sp³-hybridized carbons (Fsp3) is 0.125. The largest absolute Gasteiger partial charge is 0.354 e. The molecule has 1 nitrogen and oxygen atoms in total. The van der Waals surface area contributed by atoms with Crippen LogP contribution in [0.15, 0.2) is 47.0 Å². The molecule has 1 aromatic carbocycles. The molecule has 0 spiro atoms. The predicted octanol–water partition coefficient (Wildman–Crippen LogP) is 4.92. The van der Waals surface area contributed by atoms with E-state index >= 15 is 0 Å². The highest BCUT2D eigenvalue weighted by atomic mass is 79.9. The summed E-state index contributed by atoms with van der Waals surface area (Å²) in [5.74, 6) is 0.542. The lowest BCUT2D eigenvalue weighted by molar-refractivity contribution is 0.843. The van der Waals surface area contributed by atoms with Gasteiger partial charge in [0.2, 0.25) is 0 Å². The van der Waals surface area contributed by atoms with E-state index in [1.165, 1.54) is 27.7 Å². The van der Waals surface area contributed by atoms with E-state index in [0.29, 0.717) is 5.92 Å². The van der Waals surface area contributed by atoms with Gasteiger partial charge in [-0.25, -0.2) is 0 Å². The van der Waals surface area contributed by atoms with Crippen molar-refractivity contribution in [3.05, 3.63) is 58.2 Å². The van der Waals surface area contributed by atoms with Gasteiger partial charge in [-0.05, 0) is 40.1 Å². The topological polar surface area (TPSA) is 15.8 Å². The molecule has 0 saturated heterocycles. The van der Waals surface area contributed by atoms with Gasteiger partial charge >= 0.3 is 0 Å². The molecule has 0 bridgehead atoms. The van der Waals surface area contributed by atoms with E-state index in [1.807, 2.05) is 0 Å². The van der Waals surface area contributed by atoms with Crippen molar-refractivity contribution in [3.8, 4) is 0 Å². The predicted molar refractivity (Wildman–Crippen MR) is 80.3 cm³/mol. The fourth-order valence-corrected chi connectivity index (χ4v) is 3.41. The van der Waals surface area contributed by atoms with Crippen molar-refractivity contribution in [1.29, 1.82) is 0 Å². The quantitative estimate of drug-likeness (QED) is 0.711. The molecular weight excluding hydrogens is 286 g/mol. The van der Waals surface area contributed by atoms with Gasteiger partial charge in [0.05, 0.1) is 5.52 Å². The SMILES string of the molecule is Brc1cccc2c3c([nH]c12)C=CC1CC=CC=C31. The van der Waals surface area contributed by atoms with Gasteiger partial charge < -0.3 is 4.98 Å². The molecular formula is C16H12BrN. The Kier molecular flexibility index (Phi) is 2.15. The third-order valence-electron chi connectivity index (χ3n) is 3.80. The number of hydrogen-bond donors (Lipinski definition) is 1. The summed E-state index contributed by atoms with van der Waals surface area (Å²) in [5, 5.41) is 1.32. The molecule has 2 aliphatic carbocycles. The number of aromatic nitrogens is 1. The van der Waals surface area contributed by atoms with Crippen LogP contribution in [0.5, 0.6) is 0 Å². The minimum atomic E-state index is 0.542. The Balaban J connectivity index is 2.10. The Morgan fingerprint density at radius 1 is 1.28 bits per heavy atom. The number of nitrogens with one attached hydrogen (secondary N) is 1. The molecule has 1 unspecified atom stereocenters. The smallest absolute Gasteiger partial charge is 0.0609 e. The molecule has 1 heterocycles. The van der Waals surface area contributed by atoms with Gasteiger partial charge in [0, 0.05) is 27.0 Å². The van der Waals surface area contributed by atoms with Crippen LogP contribution in [-0.2, 0) is 0 Å². The van der Waals surface area contributed by atoms with Gasteiger partial charge in [0.25, 0.3) is 0 Å². The Morgan fingerprint density at radius 3 is 3.17 bits per heavy atom. The fourth-order valence-electron chi connectivity index (χ4n) is 2.95. The van der Waals surface area contributed by atoms with Gasteiger partial charge in [-0.2, -0.15) is 0 Å². The second-order valence-corrected chi connectivity index (χ2v) is 5.68. The summed E-state index contributed by atoms with van der Waals surface area (Å²) in [6, 6.07) is 6.39. The molecule has 4 rings (SSSR count). The summed E-state index contributed by atoms with van der Waals surface area (Å²) in [6.45, 7) is 0. The second kappa shape index (κ2) is 3.72. The number of benzene rings is 1. The van der Waals surface area contributed by atoms with Crippen LogP contribution in [0.4, 0.5) is 0 Å². The summed E-state index contributed by atoms with van der Waals surface area (Å²) in [7, 11) is 0. The van der Waals surface area contributed by atoms with Crippen LogP contribution in [0.25, 0.3) is 22.6 Å². The zero-order valence-corrected chi connectivity index (χ0v) is 11.4. The van der Waals surface area contributed by atoms with Crippen LogP contribution in [0.2, 0.25) is 0 Å². The van der Waals surface area contributed by atoms with Gasteiger partial charge in [-0.15, -0.1) is 0 Å². The lowest BCUT2D eigenvalue weighted by Crippen LogP contribution is -2.06. The molecule has 0 radical (unpaired) electrons. The van der Waals surface area contributed by atoms with Crippen molar-refractivity contribution < 1.29 is 0 Å². The zero-order chi connectivity index (χ0) is 12.1. The minimum absolute atomic E-state index is 0.542. The second-order valence-electron chi connectivity index (χ2n) is 4.83. The van der Waals surface area contributed by atoms with Crippen LogP contribution < -0.4 is 0 Å². The third kappa shape index (κ3) is 1.33. The Labute approximate surface area is 114 Å². The number of para-hydroxylation sites is 1. The molecule has 0 aliphatic heterocycles. The average Bonchev–Trinajstić information content (AvgIpc) is 2.79. The van der Waals surface area contributed by atoms with E-state index in [9.17, 15) is 0 Å². The standard InChI is InChI=1S/C16H12BrN/c17-13-7-3-6-12-15-11-5-2-1-4-10(11)8-9-14(15)18-16(12)13/h1-3,5-10,18H,4H2. The maximum atomic E-state index is 3.62. The summed E-state index contributed by atoms with van der Waals surface area (Å²) >= 11 is 3.62. The van der Waals surface area contributed by atoms with Crippen LogP contribution in [-0.4, -0.2) is 4.98 Å². The molecule has 1 atom stereocenters. The van der Waals surface area contributed by atoms with E-state index in [4.69, 9.17) is 0 Å². The first-order chi connectivity index (χ1) is 8.84. The van der Waals surface area contributed by atoms with E-state index in [-0.39, 0.29) is 0 Å². The lowest BCUT2D eigenvalue weighted by atomic mass is 9.82. The first-order valence-corrected chi connectivity index (χ1v) is 6.99. The van der Waals surface area contributed by atoms with E-state index in [2.05, 4.69) is 69.5 Å². The number of allylic oxidation sites excluding steroid dienone is 5. The molecule has 0 amide bonds. The van der Waals surface area contributed by atoms with Crippen molar-refractivity contribution in [3.63, 3.8) is 0 Å². The minimum Gasteiger partial charge on any atom is -0.354 e. The monoisotopic (exact) mass is 297 g/mol. The highest BCUT2D eigenvalue weighted by molar-refractivity contribution is 9.10. The molecule has 1 aromatic heterocycles. The zero-order valence-electron chi connectivity index (χ0n) is 9.78. The van der Waals surface area contributed by atoms with Crippen molar-refractivity contribution >= 4 is 38.5 Å². The summed E-state index contributed by atoms with van der Waals surface area (Å²) < 4.78 is 1.13. The first kappa shape index (κ1) is 10.4. The number of rotatable bonds is 0. The number of aromatic amines is 1. The normalized spacial score (nSPS) is 20.7. The van der Waals surface area contributed by atoms with Crippen molar-refractivity contribution in [2.75, 3.05) is 0 Å². The summed E-state index contributed by atoms with van der Waals surface area (Å²) in [6.07, 6.45) is 12.3. The Bertz CT molecular complexity index is 731. The van der Waals surface area contributed by atoms with Crippen LogP contribution in [0, 0.1) is 5.92 Å². The van der Waals surface area contributed by atoms with E-state index in [0.717, 1.165) is 10.9 Å². The molecule has 0 fully saturated rings. The summed E-state index contributed by atoms with van der Waals surface area (Å²) in [4.78, 5) is 3.52. The van der Waals surface area contributed by atoms with Gasteiger partial charge in [0.1, 0.15) is 0 Å². The highest BCUT2D eigenvalue weighted by Gasteiger charge is 2.24. The Morgan fingerprint density at radius 2 is 2.22 bits per heavy atom. The molecule has 2 aliphatic rings. The number of hydrogen-bond acceptors (Lipinski definition) is 0. The highest BCUT2D eigenvalue weighted by Crippen LogP contribution is 2.42. The Hall–Kier alpha value is -1.54. The lowest BCUT2D eigenvalue weighted by Gasteiger charge is -2.22. The average molecular weight is 298 g/mol. The maximum absolute atomic E-state index is 3.62. The van der Waals surface area contributed by atoms with E-state index in [1.54, 1.807) is 0 Å². The van der Waals surface area contributed by atoms with Crippen LogP contribution in [0.3, 0.4) is 0 Å². The van der Waals surface area contributed by atoms with Gasteiger partial charge in [0.15, 0.2) is 0 Å². The van der Waals surface area contributed by atoms with Crippen molar-refractivity contribution in [2.24, 2.45) is 5.92 Å². The molecule has 88 valence electrons. The molecule has 2 aromatic rings. The van der Waals surface area contributed by atoms with E-state index < -0.39 is 0 Å². The van der Waals surface area contributed by atoms with Gasteiger partial charge in [-0.1, -0.05) is 36.4 Å². The third-order valence-corrected chi connectivity index (χ3v) is 4.46. The first-order valence-electron chi connectivity index (χ1n) is 6.20. The molecule has 0 saturated carbocycles. The maximum Gasteiger partial charge on any atom is 0.0609 e. The number of H-pyrrole nitrogens is 1. The summed E-state index contributed by atoms with van der Waals surface area (Å²) in [5.41, 5.74) is 5.25. The number of fused-ring (bicyclic) bond motifs is 5. The molecule has 1 N–H and O–H groups in total.